The van der Waals surface area contributed by atoms with E-state index in [0.717, 1.165) is 26.9 Å². The van der Waals surface area contributed by atoms with E-state index in [1.54, 1.807) is 11.7 Å². The number of hydrogen-bond acceptors (Lipinski definition) is 6. The Morgan fingerprint density at radius 3 is 2.43 bits per heavy atom. The Hall–Kier alpha value is -2.51. The van der Waals surface area contributed by atoms with Crippen molar-refractivity contribution >= 4 is 29.1 Å². The van der Waals surface area contributed by atoms with Gasteiger partial charge in [-0.05, 0) is 29.8 Å². The second-order valence-corrected chi connectivity index (χ2v) is 8.40. The van der Waals surface area contributed by atoms with Crippen LogP contribution in [0.1, 0.15) is 16.4 Å². The molecule has 0 aliphatic carbocycles. The zero-order valence-corrected chi connectivity index (χ0v) is 17.1. The summed E-state index contributed by atoms with van der Waals surface area (Å²) in [5.74, 6) is 0.472. The fraction of sp³-hybridized carbons (Fsp3) is 0.238. The van der Waals surface area contributed by atoms with Crippen molar-refractivity contribution < 1.29 is 14.3 Å². The fourth-order valence-corrected chi connectivity index (χ4v) is 6.20. The van der Waals surface area contributed by atoms with Crippen LogP contribution in [0.15, 0.2) is 64.4 Å². The highest BCUT2D eigenvalue weighted by atomic mass is 32.2. The van der Waals surface area contributed by atoms with E-state index >= 15 is 0 Å². The van der Waals surface area contributed by atoms with Crippen LogP contribution in [-0.2, 0) is 9.53 Å². The van der Waals surface area contributed by atoms with Crippen molar-refractivity contribution in [3.8, 4) is 11.4 Å². The van der Waals surface area contributed by atoms with Crippen LogP contribution in [0, 0.1) is 5.92 Å². The van der Waals surface area contributed by atoms with Crippen molar-refractivity contribution in [1.82, 2.24) is 4.57 Å². The van der Waals surface area contributed by atoms with Crippen LogP contribution in [0.2, 0.25) is 0 Å². The van der Waals surface area contributed by atoms with E-state index in [2.05, 4.69) is 0 Å². The van der Waals surface area contributed by atoms with Gasteiger partial charge in [0.2, 0.25) is 0 Å². The lowest BCUT2D eigenvalue weighted by atomic mass is 9.85. The Morgan fingerprint density at radius 2 is 1.79 bits per heavy atom. The molecule has 7 heteroatoms. The lowest BCUT2D eigenvalue weighted by Crippen LogP contribution is -2.29. The first-order chi connectivity index (χ1) is 13.6. The SMILES string of the molecule is COC(=O)[C@@H]1CSc2c(sc(=O)n2-c2ccccc2)[C@@H]1c1ccc(OC)cc1. The van der Waals surface area contributed by atoms with E-state index in [4.69, 9.17) is 9.47 Å². The lowest BCUT2D eigenvalue weighted by Gasteiger charge is -2.30. The molecule has 0 saturated carbocycles. The van der Waals surface area contributed by atoms with Gasteiger partial charge in [-0.15, -0.1) is 11.8 Å². The smallest absolute Gasteiger partial charge is 0.312 e. The third kappa shape index (κ3) is 3.25. The Labute approximate surface area is 170 Å². The average molecular weight is 414 g/mol. The number of aromatic nitrogens is 1. The lowest BCUT2D eigenvalue weighted by molar-refractivity contribution is -0.145. The summed E-state index contributed by atoms with van der Waals surface area (Å²) in [6.45, 7) is 0. The van der Waals surface area contributed by atoms with Gasteiger partial charge < -0.3 is 9.47 Å². The molecule has 0 spiro atoms. The number of rotatable bonds is 4. The number of carbonyl (C=O) groups excluding carboxylic acids is 1. The maximum Gasteiger partial charge on any atom is 0.312 e. The highest BCUT2D eigenvalue weighted by Gasteiger charge is 2.40. The van der Waals surface area contributed by atoms with Gasteiger partial charge in [-0.3, -0.25) is 14.2 Å². The predicted octanol–water partition coefficient (Wildman–Crippen LogP) is 3.93. The summed E-state index contributed by atoms with van der Waals surface area (Å²) in [6, 6.07) is 17.3. The molecule has 0 bridgehead atoms. The van der Waals surface area contributed by atoms with Crippen LogP contribution in [0.4, 0.5) is 0 Å². The minimum atomic E-state index is -0.349. The van der Waals surface area contributed by atoms with Gasteiger partial charge in [0.25, 0.3) is 0 Å². The number of methoxy groups -OCH3 is 2. The topological polar surface area (TPSA) is 57.5 Å². The van der Waals surface area contributed by atoms with E-state index in [1.165, 1.54) is 30.2 Å². The van der Waals surface area contributed by atoms with Gasteiger partial charge in [0.1, 0.15) is 5.75 Å². The molecular weight excluding hydrogens is 394 g/mol. The minimum absolute atomic E-state index is 0.0484. The van der Waals surface area contributed by atoms with Crippen molar-refractivity contribution in [3.05, 3.63) is 74.7 Å². The maximum absolute atomic E-state index is 12.9. The normalized spacial score (nSPS) is 18.4. The molecule has 0 amide bonds. The Balaban J connectivity index is 1.87. The van der Waals surface area contributed by atoms with E-state index < -0.39 is 0 Å². The van der Waals surface area contributed by atoms with Crippen LogP contribution in [0.5, 0.6) is 5.75 Å². The van der Waals surface area contributed by atoms with Gasteiger partial charge in [0.05, 0.1) is 30.9 Å². The average Bonchev–Trinajstić information content (AvgIpc) is 3.09. The molecule has 5 nitrogen and oxygen atoms in total. The van der Waals surface area contributed by atoms with Gasteiger partial charge in [-0.2, -0.15) is 0 Å². The summed E-state index contributed by atoms with van der Waals surface area (Å²) in [5.41, 5.74) is 1.81. The van der Waals surface area contributed by atoms with Gasteiger partial charge >= 0.3 is 10.8 Å². The Morgan fingerprint density at radius 1 is 1.07 bits per heavy atom. The van der Waals surface area contributed by atoms with Crippen LogP contribution in [0.25, 0.3) is 5.69 Å². The Kier molecular flexibility index (Phi) is 5.28. The monoisotopic (exact) mass is 413 g/mol. The van der Waals surface area contributed by atoms with Crippen LogP contribution < -0.4 is 9.61 Å². The van der Waals surface area contributed by atoms with E-state index in [1.807, 2.05) is 54.6 Å². The van der Waals surface area contributed by atoms with Crippen molar-refractivity contribution in [2.75, 3.05) is 20.0 Å². The number of esters is 1. The molecule has 0 fully saturated rings. The number of carbonyl (C=O) groups is 1. The van der Waals surface area contributed by atoms with Gasteiger partial charge in [-0.1, -0.05) is 41.7 Å². The Bertz CT molecular complexity index is 1040. The number of benzene rings is 2. The van der Waals surface area contributed by atoms with Crippen LogP contribution in [-0.4, -0.2) is 30.5 Å². The first-order valence-corrected chi connectivity index (χ1v) is 10.6. The molecule has 0 radical (unpaired) electrons. The van der Waals surface area contributed by atoms with Gasteiger partial charge in [0.15, 0.2) is 0 Å². The summed E-state index contributed by atoms with van der Waals surface area (Å²) >= 11 is 2.74. The second-order valence-electron chi connectivity index (χ2n) is 6.40. The first kappa shape index (κ1) is 18.8. The predicted molar refractivity (Wildman–Crippen MR) is 111 cm³/mol. The molecule has 3 aromatic rings. The second kappa shape index (κ2) is 7.85. The number of thioether (sulfide) groups is 1. The molecule has 0 unspecified atom stereocenters. The first-order valence-electron chi connectivity index (χ1n) is 8.79. The quantitative estimate of drug-likeness (QED) is 0.607. The third-order valence-electron chi connectivity index (χ3n) is 4.87. The van der Waals surface area contributed by atoms with Gasteiger partial charge in [0, 0.05) is 16.5 Å². The van der Waals surface area contributed by atoms with Crippen molar-refractivity contribution in [1.29, 1.82) is 0 Å². The molecule has 4 rings (SSSR count). The van der Waals surface area contributed by atoms with Crippen molar-refractivity contribution in [2.24, 2.45) is 5.92 Å². The van der Waals surface area contributed by atoms with Crippen molar-refractivity contribution in [2.45, 2.75) is 10.9 Å². The highest BCUT2D eigenvalue weighted by molar-refractivity contribution is 7.99. The summed E-state index contributed by atoms with van der Waals surface area (Å²) in [6.07, 6.45) is 0. The number of ether oxygens (including phenoxy) is 2. The molecule has 1 aliphatic heterocycles. The van der Waals surface area contributed by atoms with Crippen LogP contribution >= 0.6 is 23.1 Å². The molecule has 28 heavy (non-hydrogen) atoms. The largest absolute Gasteiger partial charge is 0.497 e. The molecule has 0 saturated heterocycles. The molecule has 144 valence electrons. The number of thiazole rings is 1. The number of fused-ring (bicyclic) bond motifs is 1. The molecule has 1 aromatic heterocycles. The molecule has 2 atom stereocenters. The summed E-state index contributed by atoms with van der Waals surface area (Å²) in [5, 5.41) is 0.905. The van der Waals surface area contributed by atoms with Crippen LogP contribution in [0.3, 0.4) is 0 Å². The van der Waals surface area contributed by atoms with Gasteiger partial charge in [-0.25, -0.2) is 0 Å². The third-order valence-corrected chi connectivity index (χ3v) is 7.23. The zero-order valence-electron chi connectivity index (χ0n) is 15.5. The maximum atomic E-state index is 12.9. The molecule has 0 N–H and O–H groups in total. The standard InChI is InChI=1S/C21H19NO4S2/c1-25-15-10-8-13(9-11-15)17-16(20(23)26-2)12-27-19-18(17)28-21(24)22(19)14-6-4-3-5-7-14/h3-11,16-17H,12H2,1-2H3/t16-,17-/m1/s1. The fourth-order valence-electron chi connectivity index (χ4n) is 3.51. The van der Waals surface area contributed by atoms with E-state index in [0.29, 0.717) is 5.75 Å². The van der Waals surface area contributed by atoms with Crippen molar-refractivity contribution in [3.63, 3.8) is 0 Å². The molecular formula is C21H19NO4S2. The molecule has 1 aliphatic rings. The summed E-state index contributed by atoms with van der Waals surface area (Å²) in [7, 11) is 3.03. The number of nitrogens with zero attached hydrogens (tertiary/aromatic N) is 1. The number of hydrogen-bond donors (Lipinski definition) is 0. The highest BCUT2D eigenvalue weighted by Crippen LogP contribution is 2.47. The molecule has 2 aromatic carbocycles. The molecule has 2 heterocycles. The minimum Gasteiger partial charge on any atom is -0.497 e. The van der Waals surface area contributed by atoms with E-state index in [-0.39, 0.29) is 22.7 Å². The summed E-state index contributed by atoms with van der Waals surface area (Å²) in [4.78, 5) is 26.2. The van der Waals surface area contributed by atoms with E-state index in [9.17, 15) is 9.59 Å². The number of para-hydroxylation sites is 1. The summed E-state index contributed by atoms with van der Waals surface area (Å²) < 4.78 is 12.1. The zero-order chi connectivity index (χ0) is 19.7.